The van der Waals surface area contributed by atoms with E-state index < -0.39 is 0 Å². The molecule has 0 aliphatic carbocycles. The van der Waals surface area contributed by atoms with Crippen LogP contribution >= 0.6 is 12.4 Å². The molecule has 1 fully saturated rings. The molecule has 0 saturated carbocycles. The topological polar surface area (TPSA) is 55.1 Å². The average molecular weight is 151 g/mol. The fourth-order valence-corrected chi connectivity index (χ4v) is 0.897. The Bertz CT molecular complexity index is 101. The molecule has 1 rings (SSSR count). The monoisotopic (exact) mass is 150 g/mol. The molecule has 1 atom stereocenters. The molecule has 3 N–H and O–H groups in total. The SMILES string of the molecule is Cl.NC(=O)[C@@H]1CCNC1. The van der Waals surface area contributed by atoms with Gasteiger partial charge in [-0.25, -0.2) is 0 Å². The molecule has 1 saturated heterocycles. The second kappa shape index (κ2) is 3.69. The van der Waals surface area contributed by atoms with Gasteiger partial charge in [0, 0.05) is 6.54 Å². The van der Waals surface area contributed by atoms with Crippen LogP contribution in [0.15, 0.2) is 0 Å². The van der Waals surface area contributed by atoms with Crippen molar-refractivity contribution in [3.63, 3.8) is 0 Å². The zero-order valence-corrected chi connectivity index (χ0v) is 5.91. The minimum absolute atomic E-state index is 0. The van der Waals surface area contributed by atoms with Crippen molar-refractivity contribution in [3.05, 3.63) is 0 Å². The first-order valence-electron chi connectivity index (χ1n) is 2.81. The third-order valence-electron chi connectivity index (χ3n) is 1.46. The zero-order chi connectivity index (χ0) is 5.98. The Morgan fingerprint density at radius 3 is 2.56 bits per heavy atom. The van der Waals surface area contributed by atoms with Gasteiger partial charge in [-0.3, -0.25) is 4.79 Å². The van der Waals surface area contributed by atoms with E-state index in [1.54, 1.807) is 0 Å². The number of rotatable bonds is 1. The van der Waals surface area contributed by atoms with Gasteiger partial charge in [-0.05, 0) is 13.0 Å². The van der Waals surface area contributed by atoms with Crippen LogP contribution in [0.1, 0.15) is 6.42 Å². The molecule has 54 valence electrons. The Morgan fingerprint density at radius 2 is 2.33 bits per heavy atom. The van der Waals surface area contributed by atoms with Gasteiger partial charge in [-0.1, -0.05) is 0 Å². The molecule has 0 unspecified atom stereocenters. The molecule has 0 aromatic carbocycles. The van der Waals surface area contributed by atoms with Crippen LogP contribution in [0.25, 0.3) is 0 Å². The molecule has 4 heteroatoms. The number of carbonyl (C=O) groups excluding carboxylic acids is 1. The highest BCUT2D eigenvalue weighted by Gasteiger charge is 2.18. The first-order valence-corrected chi connectivity index (χ1v) is 2.81. The molecule has 1 aliphatic rings. The van der Waals surface area contributed by atoms with E-state index in [1.165, 1.54) is 0 Å². The van der Waals surface area contributed by atoms with Crippen LogP contribution in [-0.4, -0.2) is 19.0 Å². The molecule has 0 aromatic heterocycles. The van der Waals surface area contributed by atoms with Crippen molar-refractivity contribution >= 4 is 18.3 Å². The summed E-state index contributed by atoms with van der Waals surface area (Å²) in [5.74, 6) is -0.0787. The molecule has 1 amide bonds. The summed E-state index contributed by atoms with van der Waals surface area (Å²) in [6, 6.07) is 0. The van der Waals surface area contributed by atoms with Crippen LogP contribution < -0.4 is 11.1 Å². The van der Waals surface area contributed by atoms with Gasteiger partial charge >= 0.3 is 0 Å². The first-order chi connectivity index (χ1) is 3.80. The fraction of sp³-hybridized carbons (Fsp3) is 0.800. The van der Waals surface area contributed by atoms with Gasteiger partial charge < -0.3 is 11.1 Å². The number of primary amides is 1. The standard InChI is InChI=1S/C5H10N2O.ClH/c6-5(8)4-1-2-7-3-4;/h4,7H,1-3H2,(H2,6,8);1H/t4-;/m1./s1. The van der Waals surface area contributed by atoms with Crippen molar-refractivity contribution in [1.82, 2.24) is 5.32 Å². The summed E-state index contributed by atoms with van der Waals surface area (Å²) in [7, 11) is 0. The van der Waals surface area contributed by atoms with Crippen LogP contribution in [0.3, 0.4) is 0 Å². The van der Waals surface area contributed by atoms with Crippen molar-refractivity contribution in [2.45, 2.75) is 6.42 Å². The summed E-state index contributed by atoms with van der Waals surface area (Å²) in [5.41, 5.74) is 5.02. The van der Waals surface area contributed by atoms with Gasteiger partial charge in [-0.15, -0.1) is 12.4 Å². The van der Waals surface area contributed by atoms with E-state index in [2.05, 4.69) is 5.32 Å². The highest BCUT2D eigenvalue weighted by molar-refractivity contribution is 5.85. The summed E-state index contributed by atoms with van der Waals surface area (Å²) in [4.78, 5) is 10.4. The largest absolute Gasteiger partial charge is 0.369 e. The molecule has 9 heavy (non-hydrogen) atoms. The number of hydrogen-bond acceptors (Lipinski definition) is 2. The lowest BCUT2D eigenvalue weighted by atomic mass is 10.1. The van der Waals surface area contributed by atoms with Gasteiger partial charge in [0.25, 0.3) is 0 Å². The summed E-state index contributed by atoms with van der Waals surface area (Å²) < 4.78 is 0. The molecule has 3 nitrogen and oxygen atoms in total. The number of halogens is 1. The molecule has 0 radical (unpaired) electrons. The molecule has 0 spiro atoms. The maximum atomic E-state index is 10.4. The molecule has 1 heterocycles. The number of hydrogen-bond donors (Lipinski definition) is 2. The Hall–Kier alpha value is -0.280. The predicted octanol–water partition coefficient (Wildman–Crippen LogP) is -0.497. The molecule has 1 aliphatic heterocycles. The van der Waals surface area contributed by atoms with E-state index >= 15 is 0 Å². The molecular formula is C5H11ClN2O. The average Bonchev–Trinajstić information content (AvgIpc) is 2.12. The van der Waals surface area contributed by atoms with E-state index in [0.29, 0.717) is 0 Å². The summed E-state index contributed by atoms with van der Waals surface area (Å²) in [5, 5.41) is 3.05. The third kappa shape index (κ3) is 2.20. The van der Waals surface area contributed by atoms with Gasteiger partial charge in [0.15, 0.2) is 0 Å². The number of nitrogens with one attached hydrogen (secondary N) is 1. The summed E-state index contributed by atoms with van der Waals surface area (Å²) in [6.07, 6.45) is 0.912. The highest BCUT2D eigenvalue weighted by atomic mass is 35.5. The van der Waals surface area contributed by atoms with E-state index in [1.807, 2.05) is 0 Å². The van der Waals surface area contributed by atoms with E-state index in [9.17, 15) is 4.79 Å². The van der Waals surface area contributed by atoms with E-state index in [-0.39, 0.29) is 24.2 Å². The van der Waals surface area contributed by atoms with E-state index in [0.717, 1.165) is 19.5 Å². The normalized spacial score (nSPS) is 25.1. The highest BCUT2D eigenvalue weighted by Crippen LogP contribution is 2.04. The van der Waals surface area contributed by atoms with Crippen LogP contribution in [0.2, 0.25) is 0 Å². The summed E-state index contributed by atoms with van der Waals surface area (Å²) in [6.45, 7) is 1.71. The second-order valence-corrected chi connectivity index (χ2v) is 2.09. The number of nitrogens with two attached hydrogens (primary N) is 1. The number of carbonyl (C=O) groups is 1. The zero-order valence-electron chi connectivity index (χ0n) is 5.09. The smallest absolute Gasteiger partial charge is 0.221 e. The van der Waals surface area contributed by atoms with Crippen molar-refractivity contribution in [2.75, 3.05) is 13.1 Å². The maximum Gasteiger partial charge on any atom is 0.221 e. The van der Waals surface area contributed by atoms with Crippen molar-refractivity contribution in [2.24, 2.45) is 11.7 Å². The second-order valence-electron chi connectivity index (χ2n) is 2.09. The minimum Gasteiger partial charge on any atom is -0.369 e. The van der Waals surface area contributed by atoms with Crippen molar-refractivity contribution in [1.29, 1.82) is 0 Å². The van der Waals surface area contributed by atoms with Crippen LogP contribution in [0.4, 0.5) is 0 Å². The van der Waals surface area contributed by atoms with Gasteiger partial charge in [-0.2, -0.15) is 0 Å². The fourth-order valence-electron chi connectivity index (χ4n) is 0.897. The first kappa shape index (κ1) is 8.72. The van der Waals surface area contributed by atoms with Gasteiger partial charge in [0.1, 0.15) is 0 Å². The predicted molar refractivity (Wildman–Crippen MR) is 37.4 cm³/mol. The van der Waals surface area contributed by atoms with Crippen LogP contribution in [0, 0.1) is 5.92 Å². The lowest BCUT2D eigenvalue weighted by Crippen LogP contribution is -2.24. The Kier molecular flexibility index (Phi) is 3.58. The summed E-state index contributed by atoms with van der Waals surface area (Å²) >= 11 is 0. The van der Waals surface area contributed by atoms with Crippen LogP contribution in [0.5, 0.6) is 0 Å². The lowest BCUT2D eigenvalue weighted by molar-refractivity contribution is -0.121. The quantitative estimate of drug-likeness (QED) is 0.530. The third-order valence-corrected chi connectivity index (χ3v) is 1.46. The Morgan fingerprint density at radius 1 is 1.67 bits per heavy atom. The molecule has 0 bridgehead atoms. The Balaban J connectivity index is 0.000000640. The van der Waals surface area contributed by atoms with Crippen molar-refractivity contribution < 1.29 is 4.79 Å². The minimum atomic E-state index is -0.171. The number of amides is 1. The molecular weight excluding hydrogens is 140 g/mol. The van der Waals surface area contributed by atoms with Crippen molar-refractivity contribution in [3.8, 4) is 0 Å². The molecule has 0 aromatic rings. The van der Waals surface area contributed by atoms with Crippen LogP contribution in [-0.2, 0) is 4.79 Å². The maximum absolute atomic E-state index is 10.4. The van der Waals surface area contributed by atoms with Gasteiger partial charge in [0.2, 0.25) is 5.91 Å². The van der Waals surface area contributed by atoms with E-state index in [4.69, 9.17) is 5.73 Å². The van der Waals surface area contributed by atoms with Gasteiger partial charge in [0.05, 0.1) is 5.92 Å². The lowest BCUT2D eigenvalue weighted by Gasteiger charge is -1.98. The Labute approximate surface area is 60.4 Å².